The Labute approximate surface area is 143 Å². The molecule has 1 saturated heterocycles. The van der Waals surface area contributed by atoms with Crippen molar-refractivity contribution in [3.05, 3.63) is 53.6 Å². The van der Waals surface area contributed by atoms with E-state index in [2.05, 4.69) is 9.97 Å². The van der Waals surface area contributed by atoms with Gasteiger partial charge in [-0.15, -0.1) is 11.3 Å². The van der Waals surface area contributed by atoms with Crippen LogP contribution in [0, 0.1) is 5.92 Å². The van der Waals surface area contributed by atoms with E-state index in [-0.39, 0.29) is 18.2 Å². The Balaban J connectivity index is 1.39. The molecule has 24 heavy (non-hydrogen) atoms. The number of thiazole rings is 1. The molecular weight excluding hydrogens is 324 g/mol. The minimum atomic E-state index is -0.479. The maximum atomic E-state index is 12.5. The number of hydrogen-bond donors (Lipinski definition) is 1. The normalized spacial score (nSPS) is 20.8. The summed E-state index contributed by atoms with van der Waals surface area (Å²) in [5.41, 5.74) is 1.91. The second-order valence-electron chi connectivity index (χ2n) is 6.19. The van der Waals surface area contributed by atoms with Crippen molar-refractivity contribution in [2.45, 2.75) is 18.9 Å². The number of aliphatic hydroxyl groups is 1. The van der Waals surface area contributed by atoms with Gasteiger partial charge in [-0.2, -0.15) is 0 Å². The third-order valence-corrected chi connectivity index (χ3v) is 5.25. The van der Waals surface area contributed by atoms with E-state index in [1.165, 1.54) is 0 Å². The van der Waals surface area contributed by atoms with Crippen molar-refractivity contribution in [3.8, 4) is 0 Å². The summed E-state index contributed by atoms with van der Waals surface area (Å²) in [5, 5.41) is 12.3. The van der Waals surface area contributed by atoms with Crippen LogP contribution in [0.3, 0.4) is 0 Å². The largest absolute Gasteiger partial charge is 0.391 e. The van der Waals surface area contributed by atoms with Crippen LogP contribution in [0.4, 0.5) is 0 Å². The van der Waals surface area contributed by atoms with Crippen molar-refractivity contribution in [1.82, 2.24) is 19.3 Å². The van der Waals surface area contributed by atoms with E-state index in [0.717, 1.165) is 22.6 Å². The molecule has 3 aromatic rings. The van der Waals surface area contributed by atoms with E-state index < -0.39 is 6.10 Å². The molecule has 0 spiro atoms. The van der Waals surface area contributed by atoms with Crippen molar-refractivity contribution in [2.24, 2.45) is 5.92 Å². The molecule has 4 heterocycles. The number of nitrogens with zero attached hydrogens (tertiary/aromatic N) is 4. The third-order valence-electron chi connectivity index (χ3n) is 4.48. The minimum Gasteiger partial charge on any atom is -0.391 e. The predicted octanol–water partition coefficient (Wildman–Crippen LogP) is 1.40. The summed E-state index contributed by atoms with van der Waals surface area (Å²) in [6, 6.07) is 3.91. The van der Waals surface area contributed by atoms with Crippen LogP contribution >= 0.6 is 11.3 Å². The first-order valence-corrected chi connectivity index (χ1v) is 8.83. The Morgan fingerprint density at radius 2 is 2.17 bits per heavy atom. The number of fused-ring (bicyclic) bond motifs is 1. The highest BCUT2D eigenvalue weighted by Gasteiger charge is 2.34. The number of aliphatic hydroxyl groups excluding tert-OH is 1. The monoisotopic (exact) mass is 342 g/mol. The van der Waals surface area contributed by atoms with Gasteiger partial charge in [0.2, 0.25) is 5.91 Å². The number of likely N-dealkylation sites (tertiary alicyclic amines) is 1. The van der Waals surface area contributed by atoms with Gasteiger partial charge < -0.3 is 10.0 Å². The predicted molar refractivity (Wildman–Crippen MR) is 90.8 cm³/mol. The number of β-amino-alcohol motifs (C(OH)–C–C–N with tert-alkyl or cyclic N) is 1. The lowest BCUT2D eigenvalue weighted by atomic mass is 9.97. The van der Waals surface area contributed by atoms with Crippen molar-refractivity contribution in [1.29, 1.82) is 0 Å². The maximum Gasteiger partial charge on any atom is 0.228 e. The molecule has 7 heteroatoms. The molecule has 1 amide bonds. The van der Waals surface area contributed by atoms with Crippen LogP contribution in [0.25, 0.3) is 4.96 Å². The molecule has 6 nitrogen and oxygen atoms in total. The van der Waals surface area contributed by atoms with Gasteiger partial charge in [-0.1, -0.05) is 0 Å². The summed E-state index contributed by atoms with van der Waals surface area (Å²) in [5.74, 6) is 0.0962. The number of carbonyl (C=O) groups excluding carboxylic acids is 1. The average Bonchev–Trinajstić information content (AvgIpc) is 3.24. The zero-order valence-corrected chi connectivity index (χ0v) is 13.9. The molecule has 2 atom stereocenters. The number of carbonyl (C=O) groups is 1. The first-order valence-electron chi connectivity index (χ1n) is 7.95. The Hall–Kier alpha value is -2.25. The van der Waals surface area contributed by atoms with Gasteiger partial charge in [-0.3, -0.25) is 14.2 Å². The quantitative estimate of drug-likeness (QED) is 0.778. The molecule has 3 aromatic heterocycles. The summed E-state index contributed by atoms with van der Waals surface area (Å²) in [6.07, 6.45) is 7.90. The van der Waals surface area contributed by atoms with Gasteiger partial charge in [-0.05, 0) is 24.1 Å². The SMILES string of the molecule is O=C(Cc1cn2ccsc2n1)N1C[C@@H](Cc2ccncc2)[C@H](O)C1. The summed E-state index contributed by atoms with van der Waals surface area (Å²) in [4.78, 5) is 23.6. The minimum absolute atomic E-state index is 0.0250. The van der Waals surface area contributed by atoms with E-state index in [0.29, 0.717) is 13.1 Å². The first kappa shape index (κ1) is 15.3. The van der Waals surface area contributed by atoms with Crippen LogP contribution in [-0.2, 0) is 17.6 Å². The summed E-state index contributed by atoms with van der Waals surface area (Å²) in [6.45, 7) is 0.987. The smallest absolute Gasteiger partial charge is 0.228 e. The first-order chi connectivity index (χ1) is 11.7. The van der Waals surface area contributed by atoms with Crippen molar-refractivity contribution < 1.29 is 9.90 Å². The molecular formula is C17H18N4O2S. The Morgan fingerprint density at radius 3 is 2.96 bits per heavy atom. The summed E-state index contributed by atoms with van der Waals surface area (Å²) in [7, 11) is 0. The van der Waals surface area contributed by atoms with Crippen LogP contribution in [0.15, 0.2) is 42.3 Å². The van der Waals surface area contributed by atoms with Crippen LogP contribution in [0.5, 0.6) is 0 Å². The molecule has 1 fully saturated rings. The zero-order valence-electron chi connectivity index (χ0n) is 13.1. The Bertz CT molecular complexity index is 816. The molecule has 1 N–H and O–H groups in total. The lowest BCUT2D eigenvalue weighted by molar-refractivity contribution is -0.129. The third kappa shape index (κ3) is 3.05. The highest BCUT2D eigenvalue weighted by molar-refractivity contribution is 7.15. The summed E-state index contributed by atoms with van der Waals surface area (Å²) < 4.78 is 1.93. The van der Waals surface area contributed by atoms with Crippen LogP contribution in [0.2, 0.25) is 0 Å². The second-order valence-corrected chi connectivity index (χ2v) is 7.06. The number of rotatable bonds is 4. The van der Waals surface area contributed by atoms with Gasteiger partial charge in [0.25, 0.3) is 0 Å². The van der Waals surface area contributed by atoms with E-state index >= 15 is 0 Å². The molecule has 1 aliphatic rings. The molecule has 0 saturated carbocycles. The molecule has 0 bridgehead atoms. The van der Waals surface area contributed by atoms with Gasteiger partial charge in [0.05, 0.1) is 18.2 Å². The molecule has 0 unspecified atom stereocenters. The van der Waals surface area contributed by atoms with E-state index in [4.69, 9.17) is 0 Å². The lowest BCUT2D eigenvalue weighted by Gasteiger charge is -2.15. The van der Waals surface area contributed by atoms with Gasteiger partial charge >= 0.3 is 0 Å². The van der Waals surface area contributed by atoms with E-state index in [1.807, 2.05) is 34.3 Å². The van der Waals surface area contributed by atoms with Crippen LogP contribution in [0.1, 0.15) is 11.3 Å². The van der Waals surface area contributed by atoms with Crippen molar-refractivity contribution in [2.75, 3.05) is 13.1 Å². The number of amides is 1. The highest BCUT2D eigenvalue weighted by atomic mass is 32.1. The molecule has 0 aromatic carbocycles. The highest BCUT2D eigenvalue weighted by Crippen LogP contribution is 2.22. The van der Waals surface area contributed by atoms with Crippen molar-refractivity contribution >= 4 is 22.2 Å². The van der Waals surface area contributed by atoms with Gasteiger partial charge in [-0.25, -0.2) is 4.98 Å². The van der Waals surface area contributed by atoms with Gasteiger partial charge in [0.1, 0.15) is 0 Å². The van der Waals surface area contributed by atoms with Crippen molar-refractivity contribution in [3.63, 3.8) is 0 Å². The summed E-state index contributed by atoms with van der Waals surface area (Å²) >= 11 is 1.55. The van der Waals surface area contributed by atoms with E-state index in [1.54, 1.807) is 28.6 Å². The molecule has 124 valence electrons. The maximum absolute atomic E-state index is 12.5. The number of hydrogen-bond acceptors (Lipinski definition) is 5. The Morgan fingerprint density at radius 1 is 1.33 bits per heavy atom. The fraction of sp³-hybridized carbons (Fsp3) is 0.353. The van der Waals surface area contributed by atoms with Crippen LogP contribution < -0.4 is 0 Å². The van der Waals surface area contributed by atoms with Gasteiger partial charge in [0, 0.05) is 49.2 Å². The average molecular weight is 342 g/mol. The van der Waals surface area contributed by atoms with E-state index in [9.17, 15) is 9.90 Å². The lowest BCUT2D eigenvalue weighted by Crippen LogP contribution is -2.31. The molecule has 1 aliphatic heterocycles. The molecule has 0 aliphatic carbocycles. The van der Waals surface area contributed by atoms with Gasteiger partial charge in [0.15, 0.2) is 4.96 Å². The Kier molecular flexibility index (Phi) is 4.03. The number of aromatic nitrogens is 3. The molecule has 4 rings (SSSR count). The standard InChI is InChI=1S/C17H18N4O2S/c22-15-11-21(9-13(15)7-12-1-3-18-4-2-12)16(23)8-14-10-20-5-6-24-17(20)19-14/h1-6,10,13,15,22H,7-9,11H2/t13-,15-/m1/s1. The number of pyridine rings is 1. The fourth-order valence-electron chi connectivity index (χ4n) is 3.21. The topological polar surface area (TPSA) is 70.7 Å². The van der Waals surface area contributed by atoms with Crippen LogP contribution in [-0.4, -0.2) is 49.5 Å². The fourth-order valence-corrected chi connectivity index (χ4v) is 3.93. The number of imidazole rings is 1. The zero-order chi connectivity index (χ0) is 16.5. The molecule has 0 radical (unpaired) electrons. The second kappa shape index (κ2) is 6.33.